The molecule has 0 unspecified atom stereocenters. The van der Waals surface area contributed by atoms with E-state index in [1.165, 1.54) is 38.6 Å². The van der Waals surface area contributed by atoms with Crippen LogP contribution in [0.25, 0.3) is 0 Å². The van der Waals surface area contributed by atoms with Crippen LogP contribution in [0.1, 0.15) is 32.1 Å². The van der Waals surface area contributed by atoms with Gasteiger partial charge in [0, 0.05) is 20.1 Å². The minimum Gasteiger partial charge on any atom is -0.492 e. The van der Waals surface area contributed by atoms with E-state index in [2.05, 4.69) is 15.2 Å². The number of nitrogens with zero attached hydrogens (tertiary/aromatic N) is 2. The van der Waals surface area contributed by atoms with Crippen molar-refractivity contribution >= 4 is 29.9 Å². The number of guanidine groups is 1. The van der Waals surface area contributed by atoms with E-state index in [1.54, 1.807) is 0 Å². The molecule has 4 nitrogen and oxygen atoms in total. The monoisotopic (exact) mass is 429 g/mol. The van der Waals surface area contributed by atoms with Crippen LogP contribution in [0.3, 0.4) is 0 Å². The number of hydrogen-bond acceptors (Lipinski definition) is 2. The third-order valence-electron chi connectivity index (χ3n) is 5.01. The summed E-state index contributed by atoms with van der Waals surface area (Å²) in [5.74, 6) is 1.95. The number of likely N-dealkylation sites (tertiary alicyclic amines) is 1. The SMILES string of the molecule is CN=C(NCCOc1ccccc1)N1CCC2(CCCC2)C1.I. The molecular weight excluding hydrogens is 401 g/mol. The Balaban J connectivity index is 0.00000192. The first-order valence-corrected chi connectivity index (χ1v) is 8.45. The summed E-state index contributed by atoms with van der Waals surface area (Å²) in [6.45, 7) is 3.75. The van der Waals surface area contributed by atoms with Gasteiger partial charge in [0.1, 0.15) is 12.4 Å². The Kier molecular flexibility index (Phi) is 6.99. The van der Waals surface area contributed by atoms with E-state index in [9.17, 15) is 0 Å². The van der Waals surface area contributed by atoms with Crippen LogP contribution in [-0.4, -0.2) is 44.1 Å². The predicted molar refractivity (Wildman–Crippen MR) is 106 cm³/mol. The van der Waals surface area contributed by atoms with Gasteiger partial charge in [-0.15, -0.1) is 24.0 Å². The van der Waals surface area contributed by atoms with E-state index in [4.69, 9.17) is 4.74 Å². The molecule has 2 aliphatic rings. The molecule has 0 aromatic heterocycles. The molecule has 23 heavy (non-hydrogen) atoms. The van der Waals surface area contributed by atoms with Crippen molar-refractivity contribution in [2.75, 3.05) is 33.3 Å². The minimum absolute atomic E-state index is 0. The van der Waals surface area contributed by atoms with Gasteiger partial charge in [-0.1, -0.05) is 31.0 Å². The van der Waals surface area contributed by atoms with Gasteiger partial charge in [-0.3, -0.25) is 4.99 Å². The molecule has 0 radical (unpaired) electrons. The standard InChI is InChI=1S/C18H27N3O.HI/c1-19-17(20-12-14-22-16-7-3-2-4-8-16)21-13-11-18(15-21)9-5-6-10-18;/h2-4,7-8H,5-6,9-15H2,1H3,(H,19,20);1H. The van der Waals surface area contributed by atoms with Gasteiger partial charge in [0.05, 0.1) is 6.54 Å². The number of hydrogen-bond donors (Lipinski definition) is 1. The summed E-state index contributed by atoms with van der Waals surface area (Å²) >= 11 is 0. The van der Waals surface area contributed by atoms with Crippen LogP contribution in [0.2, 0.25) is 0 Å². The summed E-state index contributed by atoms with van der Waals surface area (Å²) in [6.07, 6.45) is 6.94. The first-order chi connectivity index (χ1) is 10.8. The number of rotatable bonds is 4. The third kappa shape index (κ3) is 4.75. The Labute approximate surface area is 156 Å². The van der Waals surface area contributed by atoms with Gasteiger partial charge in [0.2, 0.25) is 0 Å². The number of halogens is 1. The van der Waals surface area contributed by atoms with Crippen LogP contribution in [-0.2, 0) is 0 Å². The molecule has 1 aliphatic carbocycles. The molecule has 1 saturated carbocycles. The van der Waals surface area contributed by atoms with Crippen LogP contribution in [0.15, 0.2) is 35.3 Å². The van der Waals surface area contributed by atoms with Crippen molar-refractivity contribution in [2.45, 2.75) is 32.1 Å². The fourth-order valence-electron chi connectivity index (χ4n) is 3.83. The summed E-state index contributed by atoms with van der Waals surface area (Å²) in [4.78, 5) is 6.87. The zero-order valence-corrected chi connectivity index (χ0v) is 16.3. The molecule has 0 atom stereocenters. The normalized spacial score (nSPS) is 19.7. The van der Waals surface area contributed by atoms with Gasteiger partial charge in [-0.25, -0.2) is 0 Å². The maximum atomic E-state index is 5.72. The first-order valence-electron chi connectivity index (χ1n) is 8.45. The van der Waals surface area contributed by atoms with Crippen LogP contribution >= 0.6 is 24.0 Å². The van der Waals surface area contributed by atoms with Crippen LogP contribution in [0.4, 0.5) is 0 Å². The minimum atomic E-state index is 0. The molecule has 1 saturated heterocycles. The largest absolute Gasteiger partial charge is 0.492 e. The molecule has 5 heteroatoms. The second-order valence-corrected chi connectivity index (χ2v) is 6.51. The number of nitrogens with one attached hydrogen (secondary N) is 1. The van der Waals surface area contributed by atoms with Crippen LogP contribution in [0, 0.1) is 5.41 Å². The molecule has 1 N–H and O–H groups in total. The fourth-order valence-corrected chi connectivity index (χ4v) is 3.83. The third-order valence-corrected chi connectivity index (χ3v) is 5.01. The van der Waals surface area contributed by atoms with Gasteiger partial charge in [-0.05, 0) is 36.8 Å². The van der Waals surface area contributed by atoms with E-state index in [-0.39, 0.29) is 24.0 Å². The van der Waals surface area contributed by atoms with Crippen LogP contribution < -0.4 is 10.1 Å². The molecule has 1 aliphatic heterocycles. The number of para-hydroxylation sites is 1. The van der Waals surface area contributed by atoms with Crippen molar-refractivity contribution in [1.82, 2.24) is 10.2 Å². The number of aliphatic imine (C=N–C) groups is 1. The second-order valence-electron chi connectivity index (χ2n) is 6.51. The van der Waals surface area contributed by atoms with E-state index in [0.717, 1.165) is 24.8 Å². The summed E-state index contributed by atoms with van der Waals surface area (Å²) in [6, 6.07) is 9.96. The highest BCUT2D eigenvalue weighted by Gasteiger charge is 2.40. The first kappa shape index (κ1) is 18.4. The van der Waals surface area contributed by atoms with Gasteiger partial charge in [-0.2, -0.15) is 0 Å². The smallest absolute Gasteiger partial charge is 0.193 e. The average molecular weight is 429 g/mol. The molecule has 3 rings (SSSR count). The highest BCUT2D eigenvalue weighted by Crippen LogP contribution is 2.45. The van der Waals surface area contributed by atoms with E-state index in [0.29, 0.717) is 12.0 Å². The lowest BCUT2D eigenvalue weighted by Crippen LogP contribution is -2.42. The Bertz CT molecular complexity index is 500. The van der Waals surface area contributed by atoms with E-state index < -0.39 is 0 Å². The predicted octanol–water partition coefficient (Wildman–Crippen LogP) is 3.52. The van der Waals surface area contributed by atoms with Crippen molar-refractivity contribution in [2.24, 2.45) is 10.4 Å². The highest BCUT2D eigenvalue weighted by atomic mass is 127. The highest BCUT2D eigenvalue weighted by molar-refractivity contribution is 14.0. The molecular formula is C18H28IN3O. The van der Waals surface area contributed by atoms with Crippen molar-refractivity contribution in [3.8, 4) is 5.75 Å². The molecule has 1 heterocycles. The Morgan fingerprint density at radius 1 is 1.22 bits per heavy atom. The lowest BCUT2D eigenvalue weighted by molar-refractivity contribution is 0.303. The van der Waals surface area contributed by atoms with Gasteiger partial charge < -0.3 is 15.0 Å². The molecule has 1 aromatic carbocycles. The zero-order chi connectivity index (χ0) is 15.3. The molecule has 2 fully saturated rings. The van der Waals surface area contributed by atoms with Gasteiger partial charge in [0.15, 0.2) is 5.96 Å². The Morgan fingerprint density at radius 3 is 2.65 bits per heavy atom. The molecule has 0 bridgehead atoms. The maximum absolute atomic E-state index is 5.72. The fraction of sp³-hybridized carbons (Fsp3) is 0.611. The summed E-state index contributed by atoms with van der Waals surface area (Å²) in [7, 11) is 1.88. The number of ether oxygens (including phenoxy) is 1. The summed E-state index contributed by atoms with van der Waals surface area (Å²) in [5, 5.41) is 3.44. The van der Waals surface area contributed by atoms with Crippen molar-refractivity contribution < 1.29 is 4.74 Å². The van der Waals surface area contributed by atoms with Crippen molar-refractivity contribution in [3.63, 3.8) is 0 Å². The quantitative estimate of drug-likeness (QED) is 0.345. The lowest BCUT2D eigenvalue weighted by Gasteiger charge is -2.25. The van der Waals surface area contributed by atoms with E-state index in [1.807, 2.05) is 37.4 Å². The zero-order valence-electron chi connectivity index (χ0n) is 14.0. The van der Waals surface area contributed by atoms with Crippen LogP contribution in [0.5, 0.6) is 5.75 Å². The topological polar surface area (TPSA) is 36.9 Å². The Hall–Kier alpha value is -0.980. The Morgan fingerprint density at radius 2 is 1.96 bits per heavy atom. The lowest BCUT2D eigenvalue weighted by atomic mass is 9.86. The average Bonchev–Trinajstić information content (AvgIpc) is 3.19. The summed E-state index contributed by atoms with van der Waals surface area (Å²) < 4.78 is 5.72. The molecule has 128 valence electrons. The maximum Gasteiger partial charge on any atom is 0.193 e. The second kappa shape index (κ2) is 8.76. The summed E-state index contributed by atoms with van der Waals surface area (Å²) in [5.41, 5.74) is 0.582. The molecule has 0 amide bonds. The van der Waals surface area contributed by atoms with Gasteiger partial charge >= 0.3 is 0 Å². The van der Waals surface area contributed by atoms with E-state index >= 15 is 0 Å². The van der Waals surface area contributed by atoms with Crippen molar-refractivity contribution in [3.05, 3.63) is 30.3 Å². The molecule has 1 aromatic rings. The van der Waals surface area contributed by atoms with Gasteiger partial charge in [0.25, 0.3) is 0 Å². The van der Waals surface area contributed by atoms with Crippen molar-refractivity contribution in [1.29, 1.82) is 0 Å². The molecule has 1 spiro atoms. The number of benzene rings is 1.